The van der Waals surface area contributed by atoms with Crippen molar-refractivity contribution in [1.82, 2.24) is 4.40 Å². The molecule has 6 heteroatoms. The van der Waals surface area contributed by atoms with Crippen molar-refractivity contribution in [2.45, 2.75) is 129 Å². The number of aliphatic hydroxyl groups is 1. The summed E-state index contributed by atoms with van der Waals surface area (Å²) in [5.41, 5.74) is 7.59. The third-order valence-electron chi connectivity index (χ3n) is 14.7. The Kier molecular flexibility index (Phi) is 5.56. The molecule has 9 rings (SSSR count). The van der Waals surface area contributed by atoms with Crippen LogP contribution in [0.4, 0.5) is 0 Å². The zero-order chi connectivity index (χ0) is 32.7. The van der Waals surface area contributed by atoms with Gasteiger partial charge in [0.15, 0.2) is 6.29 Å². The fraction of sp³-hybridized carbons (Fsp3) is 0.650. The second kappa shape index (κ2) is 8.61. The average molecular weight is 626 g/mol. The molecule has 6 aliphatic rings. The van der Waals surface area contributed by atoms with Gasteiger partial charge in [-0.3, -0.25) is 0 Å². The van der Waals surface area contributed by atoms with Gasteiger partial charge in [0.1, 0.15) is 5.75 Å². The van der Waals surface area contributed by atoms with E-state index in [-0.39, 0.29) is 40.3 Å². The van der Waals surface area contributed by atoms with Crippen LogP contribution in [0, 0.1) is 28.6 Å². The standard InChI is InChI=1S/C40H51NO5/c1-19(2)31-34(43)29-28-21(24-17-36(3,4)46-37(5,6)30(24)33(28)42)16-22-23-15-20-11-12-25-38(7)18-27(44-10)45-26(38)13-14-39(25,8)40(20,9)35(23)41(31)32(22)29/h16-17,20,25-27,30,33,42-43H,1,11-15,18H2,2-10H3/t20?,25?,26?,27?,30?,33?,38-,39-,40?/m0/s1. The van der Waals surface area contributed by atoms with Gasteiger partial charge < -0.3 is 28.8 Å². The number of hydrogen-bond donors (Lipinski definition) is 2. The normalized spacial score (nSPS) is 41.6. The molecular formula is C40H51NO5. The monoisotopic (exact) mass is 625 g/mol. The highest BCUT2D eigenvalue weighted by Crippen LogP contribution is 2.73. The summed E-state index contributed by atoms with van der Waals surface area (Å²) in [5.74, 6) is 1.09. The summed E-state index contributed by atoms with van der Waals surface area (Å²) in [6, 6.07) is 2.37. The molecule has 2 aliphatic heterocycles. The van der Waals surface area contributed by atoms with E-state index in [0.29, 0.717) is 11.8 Å². The highest BCUT2D eigenvalue weighted by molar-refractivity contribution is 6.11. The van der Waals surface area contributed by atoms with Gasteiger partial charge in [-0.05, 0) is 118 Å². The topological polar surface area (TPSA) is 72.6 Å². The second-order valence-corrected chi connectivity index (χ2v) is 17.8. The third-order valence-corrected chi connectivity index (χ3v) is 14.7. The van der Waals surface area contributed by atoms with Gasteiger partial charge in [-0.25, -0.2) is 0 Å². The number of fused-ring (bicyclic) bond motifs is 13. The minimum Gasteiger partial charge on any atom is -0.505 e. The van der Waals surface area contributed by atoms with Gasteiger partial charge in [-0.15, -0.1) is 0 Å². The van der Waals surface area contributed by atoms with Gasteiger partial charge in [0.25, 0.3) is 0 Å². The summed E-state index contributed by atoms with van der Waals surface area (Å²) in [6.07, 6.45) is 8.10. The summed E-state index contributed by atoms with van der Waals surface area (Å²) >= 11 is 0. The number of nitrogens with zero attached hydrogens (tertiary/aromatic N) is 1. The molecule has 6 nitrogen and oxygen atoms in total. The number of aliphatic hydroxyl groups excluding tert-OH is 1. The molecule has 0 bridgehead atoms. The molecule has 1 aromatic carbocycles. The average Bonchev–Trinajstić information content (AvgIpc) is 3.70. The fourth-order valence-corrected chi connectivity index (χ4v) is 13.0. The second-order valence-electron chi connectivity index (χ2n) is 17.8. The first-order valence-corrected chi connectivity index (χ1v) is 17.6. The number of benzene rings is 1. The van der Waals surface area contributed by atoms with Crippen molar-refractivity contribution in [2.24, 2.45) is 28.6 Å². The van der Waals surface area contributed by atoms with Crippen LogP contribution in [0.1, 0.15) is 122 Å². The fourth-order valence-electron chi connectivity index (χ4n) is 13.0. The summed E-state index contributed by atoms with van der Waals surface area (Å²) in [7, 11) is 1.78. The molecule has 0 spiro atoms. The Labute approximate surface area is 273 Å². The van der Waals surface area contributed by atoms with Gasteiger partial charge in [0.2, 0.25) is 0 Å². The number of aromatic nitrogens is 1. The predicted molar refractivity (Wildman–Crippen MR) is 181 cm³/mol. The van der Waals surface area contributed by atoms with E-state index < -0.39 is 17.3 Å². The number of methoxy groups -OCH3 is 1. The zero-order valence-electron chi connectivity index (χ0n) is 29.1. The summed E-state index contributed by atoms with van der Waals surface area (Å²) in [5, 5.41) is 26.5. The lowest BCUT2D eigenvalue weighted by Crippen LogP contribution is -2.61. The molecule has 4 aliphatic carbocycles. The van der Waals surface area contributed by atoms with Crippen molar-refractivity contribution in [3.63, 3.8) is 0 Å². The van der Waals surface area contributed by atoms with E-state index in [0.717, 1.165) is 64.6 Å². The van der Waals surface area contributed by atoms with Crippen LogP contribution in [-0.2, 0) is 26.0 Å². The Morgan fingerprint density at radius 2 is 1.83 bits per heavy atom. The van der Waals surface area contributed by atoms with Crippen LogP contribution in [0.3, 0.4) is 0 Å². The third kappa shape index (κ3) is 3.15. The van der Waals surface area contributed by atoms with Crippen LogP contribution in [0.25, 0.3) is 27.4 Å². The molecule has 2 saturated carbocycles. The summed E-state index contributed by atoms with van der Waals surface area (Å²) < 4.78 is 21.3. The Morgan fingerprint density at radius 3 is 2.52 bits per heavy atom. The first-order chi connectivity index (χ1) is 21.5. The molecule has 2 N–H and O–H groups in total. The van der Waals surface area contributed by atoms with Crippen LogP contribution in [-0.4, -0.2) is 45.3 Å². The Balaban J connectivity index is 1.33. The molecule has 7 unspecified atom stereocenters. The zero-order valence-corrected chi connectivity index (χ0v) is 29.1. The van der Waals surface area contributed by atoms with Gasteiger partial charge in [0, 0.05) is 52.3 Å². The molecule has 0 amide bonds. The Morgan fingerprint density at radius 1 is 1.09 bits per heavy atom. The lowest BCUT2D eigenvalue weighted by atomic mass is 9.40. The van der Waals surface area contributed by atoms with Crippen LogP contribution >= 0.6 is 0 Å². The van der Waals surface area contributed by atoms with E-state index in [1.165, 1.54) is 29.5 Å². The van der Waals surface area contributed by atoms with Crippen molar-refractivity contribution < 1.29 is 24.4 Å². The number of hydrogen-bond acceptors (Lipinski definition) is 5. The van der Waals surface area contributed by atoms with E-state index in [2.05, 4.69) is 71.6 Å². The van der Waals surface area contributed by atoms with E-state index in [9.17, 15) is 10.2 Å². The number of aromatic hydroxyl groups is 1. The van der Waals surface area contributed by atoms with Crippen LogP contribution in [0.2, 0.25) is 0 Å². The molecule has 3 fully saturated rings. The van der Waals surface area contributed by atoms with Crippen LogP contribution in [0.15, 0.2) is 18.7 Å². The maximum Gasteiger partial charge on any atom is 0.158 e. The van der Waals surface area contributed by atoms with Gasteiger partial charge in [0.05, 0.1) is 34.6 Å². The first kappa shape index (κ1) is 29.7. The lowest BCUT2D eigenvalue weighted by molar-refractivity contribution is -0.162. The largest absolute Gasteiger partial charge is 0.505 e. The van der Waals surface area contributed by atoms with E-state index >= 15 is 0 Å². The van der Waals surface area contributed by atoms with Crippen LogP contribution < -0.4 is 0 Å². The predicted octanol–water partition coefficient (Wildman–Crippen LogP) is 8.31. The molecular weight excluding hydrogens is 574 g/mol. The molecule has 46 heavy (non-hydrogen) atoms. The van der Waals surface area contributed by atoms with E-state index in [1.807, 2.05) is 6.92 Å². The van der Waals surface area contributed by atoms with Crippen molar-refractivity contribution in [3.8, 4) is 5.75 Å². The first-order valence-electron chi connectivity index (χ1n) is 17.6. The van der Waals surface area contributed by atoms with Gasteiger partial charge in [-0.2, -0.15) is 0 Å². The maximum absolute atomic E-state index is 12.3. The number of allylic oxidation sites excluding steroid dienone is 1. The summed E-state index contributed by atoms with van der Waals surface area (Å²) in [4.78, 5) is 0. The van der Waals surface area contributed by atoms with Crippen molar-refractivity contribution >= 4 is 27.4 Å². The van der Waals surface area contributed by atoms with Gasteiger partial charge >= 0.3 is 0 Å². The Hall–Kier alpha value is -2.38. The molecule has 246 valence electrons. The van der Waals surface area contributed by atoms with Crippen molar-refractivity contribution in [3.05, 3.63) is 46.8 Å². The molecule has 1 saturated heterocycles. The minimum atomic E-state index is -0.775. The van der Waals surface area contributed by atoms with Gasteiger partial charge in [-0.1, -0.05) is 27.4 Å². The molecule has 4 heterocycles. The highest BCUT2D eigenvalue weighted by Gasteiger charge is 2.69. The Bertz CT molecular complexity index is 1900. The van der Waals surface area contributed by atoms with Crippen molar-refractivity contribution in [2.75, 3.05) is 7.11 Å². The van der Waals surface area contributed by atoms with E-state index in [4.69, 9.17) is 14.2 Å². The minimum absolute atomic E-state index is 0.0511. The lowest BCUT2D eigenvalue weighted by Gasteiger charge is -2.64. The SMILES string of the molecule is C=C(C)c1c(O)c2c3c(cc4c5c(n1c42)C1(C)C(CCC2[C@]4(C)CC(OC)OC4CC[C@@]21C)C5)C1=CC(C)(C)OC(C)(C)C1C3O. The number of ether oxygens (including phenoxy) is 3. The quantitative estimate of drug-likeness (QED) is 0.300. The highest BCUT2D eigenvalue weighted by atomic mass is 16.7. The van der Waals surface area contributed by atoms with E-state index in [1.54, 1.807) is 7.11 Å². The summed E-state index contributed by atoms with van der Waals surface area (Å²) in [6.45, 7) is 22.4. The van der Waals surface area contributed by atoms with Crippen LogP contribution in [0.5, 0.6) is 5.75 Å². The number of rotatable bonds is 2. The van der Waals surface area contributed by atoms with Crippen molar-refractivity contribution in [1.29, 1.82) is 0 Å². The molecule has 2 aromatic heterocycles. The smallest absolute Gasteiger partial charge is 0.158 e. The molecule has 3 aromatic rings. The maximum atomic E-state index is 12.3. The molecule has 9 atom stereocenters. The molecule has 0 radical (unpaired) electrons.